The van der Waals surface area contributed by atoms with Crippen LogP contribution in [-0.2, 0) is 4.79 Å². The highest BCUT2D eigenvalue weighted by atomic mass is 16.3. The van der Waals surface area contributed by atoms with Crippen molar-refractivity contribution in [1.29, 1.82) is 0 Å². The van der Waals surface area contributed by atoms with Gasteiger partial charge in [0.1, 0.15) is 0 Å². The molecule has 0 saturated heterocycles. The molecular weight excluding hydrogens is 240 g/mol. The van der Waals surface area contributed by atoms with E-state index in [0.717, 1.165) is 25.7 Å². The number of rotatable bonds is 5. The van der Waals surface area contributed by atoms with E-state index in [0.29, 0.717) is 24.5 Å². The molecule has 0 radical (unpaired) electrons. The number of nitrogens with one attached hydrogen (secondary N) is 2. The first kappa shape index (κ1) is 14.8. The van der Waals surface area contributed by atoms with Gasteiger partial charge in [-0.2, -0.15) is 0 Å². The maximum Gasteiger partial charge on any atom is 0.234 e. The Hall–Kier alpha value is -0.610. The van der Waals surface area contributed by atoms with E-state index in [1.807, 2.05) is 0 Å². The lowest BCUT2D eigenvalue weighted by Crippen LogP contribution is -2.47. The summed E-state index contributed by atoms with van der Waals surface area (Å²) in [5.74, 6) is 0.449. The fraction of sp³-hybridized carbons (Fsp3) is 0.933. The van der Waals surface area contributed by atoms with Crippen LogP contribution >= 0.6 is 0 Å². The Balaban J connectivity index is 1.67. The van der Waals surface area contributed by atoms with E-state index < -0.39 is 0 Å². The van der Waals surface area contributed by atoms with E-state index in [-0.39, 0.29) is 12.5 Å². The van der Waals surface area contributed by atoms with Gasteiger partial charge in [-0.3, -0.25) is 4.79 Å². The van der Waals surface area contributed by atoms with E-state index >= 15 is 0 Å². The Kier molecular flexibility index (Phi) is 6.11. The van der Waals surface area contributed by atoms with Gasteiger partial charge in [0.05, 0.1) is 6.54 Å². The SMILES string of the molecule is O=C(CNC1CCCCC1CO)NC1CCCCC1. The molecule has 19 heavy (non-hydrogen) atoms. The molecule has 110 valence electrons. The van der Waals surface area contributed by atoms with Crippen LogP contribution in [0.1, 0.15) is 57.8 Å². The normalized spacial score (nSPS) is 29.1. The molecule has 0 aromatic carbocycles. The minimum atomic E-state index is 0.120. The van der Waals surface area contributed by atoms with Gasteiger partial charge in [-0.15, -0.1) is 0 Å². The van der Waals surface area contributed by atoms with Crippen LogP contribution in [0.2, 0.25) is 0 Å². The lowest BCUT2D eigenvalue weighted by molar-refractivity contribution is -0.121. The molecule has 0 aromatic heterocycles. The van der Waals surface area contributed by atoms with Crippen LogP contribution in [0, 0.1) is 5.92 Å². The molecule has 0 heterocycles. The molecule has 0 aromatic rings. The summed E-state index contributed by atoms with van der Waals surface area (Å²) in [6, 6.07) is 0.707. The van der Waals surface area contributed by atoms with E-state index in [1.54, 1.807) is 0 Å². The third-order valence-electron chi connectivity index (χ3n) is 4.64. The molecule has 0 aliphatic heterocycles. The predicted molar refractivity (Wildman–Crippen MR) is 75.9 cm³/mol. The molecule has 0 spiro atoms. The maximum absolute atomic E-state index is 11.9. The number of aliphatic hydroxyl groups is 1. The monoisotopic (exact) mass is 268 g/mol. The second-order valence-electron chi connectivity index (χ2n) is 6.12. The van der Waals surface area contributed by atoms with Crippen LogP contribution in [0.3, 0.4) is 0 Å². The molecule has 2 atom stereocenters. The van der Waals surface area contributed by atoms with Crippen molar-refractivity contribution < 1.29 is 9.90 Å². The fourth-order valence-electron chi connectivity index (χ4n) is 3.44. The summed E-state index contributed by atoms with van der Waals surface area (Å²) < 4.78 is 0. The third-order valence-corrected chi connectivity index (χ3v) is 4.64. The Labute approximate surface area is 116 Å². The Bertz CT molecular complexity index is 277. The van der Waals surface area contributed by atoms with E-state index in [9.17, 15) is 9.90 Å². The van der Waals surface area contributed by atoms with Crippen LogP contribution < -0.4 is 10.6 Å². The number of hydrogen-bond donors (Lipinski definition) is 3. The number of hydrogen-bond acceptors (Lipinski definition) is 3. The topological polar surface area (TPSA) is 61.4 Å². The minimum Gasteiger partial charge on any atom is -0.396 e. The van der Waals surface area contributed by atoms with Gasteiger partial charge in [0.25, 0.3) is 0 Å². The summed E-state index contributed by atoms with van der Waals surface area (Å²) in [5.41, 5.74) is 0. The summed E-state index contributed by atoms with van der Waals surface area (Å²) in [7, 11) is 0. The molecule has 2 fully saturated rings. The van der Waals surface area contributed by atoms with Gasteiger partial charge in [-0.1, -0.05) is 32.1 Å². The van der Waals surface area contributed by atoms with Crippen molar-refractivity contribution in [2.75, 3.05) is 13.2 Å². The van der Waals surface area contributed by atoms with E-state index in [2.05, 4.69) is 10.6 Å². The van der Waals surface area contributed by atoms with Gasteiger partial charge in [0.2, 0.25) is 5.91 Å². The summed E-state index contributed by atoms with van der Waals surface area (Å²) in [6.07, 6.45) is 10.6. The quantitative estimate of drug-likeness (QED) is 0.709. The van der Waals surface area contributed by atoms with Gasteiger partial charge in [0, 0.05) is 18.7 Å². The highest BCUT2D eigenvalue weighted by molar-refractivity contribution is 5.78. The average molecular weight is 268 g/mol. The standard InChI is InChI=1S/C15H28N2O2/c18-11-12-6-4-5-9-14(12)16-10-15(19)17-13-7-2-1-3-8-13/h12-14,16,18H,1-11H2,(H,17,19). The molecule has 4 nitrogen and oxygen atoms in total. The number of carbonyl (C=O) groups is 1. The summed E-state index contributed by atoms with van der Waals surface area (Å²) >= 11 is 0. The minimum absolute atomic E-state index is 0.120. The molecule has 1 amide bonds. The van der Waals surface area contributed by atoms with E-state index in [1.165, 1.54) is 32.1 Å². The van der Waals surface area contributed by atoms with Crippen molar-refractivity contribution >= 4 is 5.91 Å². The zero-order chi connectivity index (χ0) is 13.5. The zero-order valence-corrected chi connectivity index (χ0v) is 11.9. The van der Waals surface area contributed by atoms with Gasteiger partial charge < -0.3 is 15.7 Å². The first-order valence-electron chi connectivity index (χ1n) is 7.93. The molecule has 4 heteroatoms. The summed E-state index contributed by atoms with van der Waals surface area (Å²) in [6.45, 7) is 0.638. The second kappa shape index (κ2) is 7.85. The van der Waals surface area contributed by atoms with Crippen molar-refractivity contribution in [3.8, 4) is 0 Å². The molecule has 3 N–H and O–H groups in total. The fourth-order valence-corrected chi connectivity index (χ4v) is 3.44. The summed E-state index contributed by atoms with van der Waals surface area (Å²) in [4.78, 5) is 11.9. The Morgan fingerprint density at radius 2 is 1.68 bits per heavy atom. The van der Waals surface area contributed by atoms with Crippen LogP contribution in [0.15, 0.2) is 0 Å². The zero-order valence-electron chi connectivity index (χ0n) is 11.9. The highest BCUT2D eigenvalue weighted by Crippen LogP contribution is 2.23. The van der Waals surface area contributed by atoms with Gasteiger partial charge in [0.15, 0.2) is 0 Å². The molecule has 2 unspecified atom stereocenters. The van der Waals surface area contributed by atoms with Crippen LogP contribution in [0.4, 0.5) is 0 Å². The van der Waals surface area contributed by atoms with Crippen molar-refractivity contribution in [1.82, 2.24) is 10.6 Å². The Morgan fingerprint density at radius 1 is 1.00 bits per heavy atom. The smallest absolute Gasteiger partial charge is 0.234 e. The maximum atomic E-state index is 11.9. The lowest BCUT2D eigenvalue weighted by atomic mass is 9.85. The van der Waals surface area contributed by atoms with Gasteiger partial charge >= 0.3 is 0 Å². The van der Waals surface area contributed by atoms with Crippen molar-refractivity contribution in [2.45, 2.75) is 69.9 Å². The first-order chi connectivity index (χ1) is 9.29. The van der Waals surface area contributed by atoms with Crippen LogP contribution in [-0.4, -0.2) is 36.2 Å². The van der Waals surface area contributed by atoms with Crippen molar-refractivity contribution in [3.05, 3.63) is 0 Å². The molecule has 0 bridgehead atoms. The third kappa shape index (κ3) is 4.77. The first-order valence-corrected chi connectivity index (χ1v) is 7.93. The predicted octanol–water partition coefficient (Wildman–Crippen LogP) is 1.58. The molecule has 2 saturated carbocycles. The van der Waals surface area contributed by atoms with Crippen molar-refractivity contribution in [2.24, 2.45) is 5.92 Å². The second-order valence-corrected chi connectivity index (χ2v) is 6.12. The van der Waals surface area contributed by atoms with Crippen LogP contribution in [0.5, 0.6) is 0 Å². The number of aliphatic hydroxyl groups excluding tert-OH is 1. The van der Waals surface area contributed by atoms with E-state index in [4.69, 9.17) is 0 Å². The molecular formula is C15H28N2O2. The summed E-state index contributed by atoms with van der Waals surface area (Å²) in [5, 5.41) is 15.8. The lowest BCUT2D eigenvalue weighted by Gasteiger charge is -2.31. The highest BCUT2D eigenvalue weighted by Gasteiger charge is 2.24. The Morgan fingerprint density at radius 3 is 2.42 bits per heavy atom. The van der Waals surface area contributed by atoms with Crippen molar-refractivity contribution in [3.63, 3.8) is 0 Å². The number of amides is 1. The largest absolute Gasteiger partial charge is 0.396 e. The van der Waals surface area contributed by atoms with Crippen LogP contribution in [0.25, 0.3) is 0 Å². The molecule has 2 aliphatic carbocycles. The van der Waals surface area contributed by atoms with Gasteiger partial charge in [-0.05, 0) is 31.6 Å². The number of carbonyl (C=O) groups excluding carboxylic acids is 1. The molecule has 2 rings (SSSR count). The average Bonchev–Trinajstić information content (AvgIpc) is 2.46. The van der Waals surface area contributed by atoms with Gasteiger partial charge in [-0.25, -0.2) is 0 Å². The molecule has 2 aliphatic rings.